The van der Waals surface area contributed by atoms with Crippen LogP contribution in [0.3, 0.4) is 0 Å². The molecule has 44 heavy (non-hydrogen) atoms. The van der Waals surface area contributed by atoms with Crippen LogP contribution < -0.4 is 20.5 Å². The second-order valence-electron chi connectivity index (χ2n) is 11.3. The van der Waals surface area contributed by atoms with Crippen molar-refractivity contribution >= 4 is 23.8 Å². The molecule has 2 aliphatic heterocycles. The van der Waals surface area contributed by atoms with Crippen LogP contribution in [0.1, 0.15) is 59.5 Å². The minimum atomic E-state index is -1.61. The van der Waals surface area contributed by atoms with Gasteiger partial charge in [0.1, 0.15) is 23.4 Å². The number of carbonyl (C=O) groups excluding carboxylic acids is 4. The third-order valence-corrected chi connectivity index (χ3v) is 7.44. The number of nitrogens with one attached hydrogen (secondary N) is 1. The maximum Gasteiger partial charge on any atom is 0.404 e. The van der Waals surface area contributed by atoms with E-state index in [1.807, 2.05) is 19.9 Å². The number of hydrogen-bond acceptors (Lipinski definition) is 11. The lowest BCUT2D eigenvalue weighted by Gasteiger charge is -2.47. The highest BCUT2D eigenvalue weighted by Gasteiger charge is 2.53. The molecule has 1 saturated heterocycles. The van der Waals surface area contributed by atoms with Gasteiger partial charge in [0.2, 0.25) is 6.29 Å². The van der Waals surface area contributed by atoms with E-state index in [1.54, 1.807) is 13.8 Å². The number of aliphatic hydroxyl groups is 1. The Labute approximate surface area is 253 Å². The normalized spacial score (nSPS) is 24.0. The summed E-state index contributed by atoms with van der Waals surface area (Å²) in [5, 5.41) is 23.5. The molecule has 0 aromatic heterocycles. The summed E-state index contributed by atoms with van der Waals surface area (Å²) in [6, 6.07) is 5.41. The quantitative estimate of drug-likeness (QED) is 0.148. The molecule has 0 spiro atoms. The van der Waals surface area contributed by atoms with E-state index in [2.05, 4.69) is 5.32 Å². The number of fused-ring (bicyclic) bond motifs is 1. The highest BCUT2D eigenvalue weighted by molar-refractivity contribution is 6.19. The molecular weight excluding hydrogens is 576 g/mol. The lowest BCUT2D eigenvalue weighted by molar-refractivity contribution is -0.304. The zero-order chi connectivity index (χ0) is 32.5. The van der Waals surface area contributed by atoms with E-state index < -0.39 is 60.0 Å². The molecule has 5 N–H and O–H groups in total. The number of carbonyl (C=O) groups is 4. The smallest absolute Gasteiger partial charge is 0.404 e. The Hall–Kier alpha value is -4.46. The molecule has 0 bridgehead atoms. The van der Waals surface area contributed by atoms with Gasteiger partial charge in [-0.3, -0.25) is 9.59 Å². The van der Waals surface area contributed by atoms with E-state index in [0.29, 0.717) is 12.0 Å². The monoisotopic (exact) mass is 612 g/mol. The Kier molecular flexibility index (Phi) is 9.33. The lowest BCUT2D eigenvalue weighted by Crippen LogP contribution is -2.65. The molecule has 236 valence electrons. The van der Waals surface area contributed by atoms with Crippen molar-refractivity contribution < 1.29 is 53.1 Å². The first-order chi connectivity index (χ1) is 20.6. The molecule has 13 heteroatoms. The van der Waals surface area contributed by atoms with Crippen molar-refractivity contribution in [2.45, 2.75) is 77.3 Å². The number of Topliss-reactive ketones (excluding diaryl/α,β-unsaturated/α-hetero) is 1. The summed E-state index contributed by atoms with van der Waals surface area (Å²) in [6.07, 6.45) is -3.85. The Morgan fingerprint density at radius 1 is 1.16 bits per heavy atom. The first-order valence-corrected chi connectivity index (χ1v) is 13.8. The van der Waals surface area contributed by atoms with Crippen molar-refractivity contribution in [3.8, 4) is 17.2 Å². The number of ether oxygens (including phenoxy) is 5. The Morgan fingerprint density at radius 3 is 2.50 bits per heavy atom. The van der Waals surface area contributed by atoms with Gasteiger partial charge in [0.15, 0.2) is 24.0 Å². The molecule has 2 aromatic carbocycles. The lowest BCUT2D eigenvalue weighted by atomic mass is 9.89. The van der Waals surface area contributed by atoms with Crippen molar-refractivity contribution in [3.05, 3.63) is 64.2 Å². The van der Waals surface area contributed by atoms with Gasteiger partial charge in [0.05, 0.1) is 11.2 Å². The molecule has 2 aromatic rings. The zero-order valence-corrected chi connectivity index (χ0v) is 25.2. The topological polar surface area (TPSA) is 193 Å². The number of phenols is 1. The van der Waals surface area contributed by atoms with E-state index in [0.717, 1.165) is 5.57 Å². The van der Waals surface area contributed by atoms with E-state index >= 15 is 0 Å². The maximum absolute atomic E-state index is 13.4. The molecule has 0 aliphatic carbocycles. The van der Waals surface area contributed by atoms with Crippen molar-refractivity contribution in [2.24, 2.45) is 5.73 Å². The molecule has 0 unspecified atom stereocenters. The van der Waals surface area contributed by atoms with Crippen LogP contribution in [0.5, 0.6) is 17.2 Å². The summed E-state index contributed by atoms with van der Waals surface area (Å²) in [7, 11) is 1.36. The number of methoxy groups -OCH3 is 1. The minimum absolute atomic E-state index is 0.0127. The van der Waals surface area contributed by atoms with Gasteiger partial charge < -0.3 is 44.9 Å². The number of aromatic hydroxyl groups is 1. The second kappa shape index (κ2) is 12.6. The molecule has 5 atom stereocenters. The van der Waals surface area contributed by atoms with Gasteiger partial charge in [0.25, 0.3) is 5.91 Å². The Morgan fingerprint density at radius 2 is 1.86 bits per heavy atom. The fraction of sp³-hybridized carbons (Fsp3) is 0.419. The van der Waals surface area contributed by atoms with Crippen LogP contribution in [0.2, 0.25) is 0 Å². The summed E-state index contributed by atoms with van der Waals surface area (Å²) in [6.45, 7) is 8.65. The number of benzene rings is 2. The highest BCUT2D eigenvalue weighted by atomic mass is 16.7. The molecule has 2 amide bonds. The number of allylic oxidation sites excluding steroid dienone is 2. The van der Waals surface area contributed by atoms with Crippen LogP contribution in [0.25, 0.3) is 0 Å². The summed E-state index contributed by atoms with van der Waals surface area (Å²) in [5.41, 5.74) is 6.05. The molecule has 0 saturated carbocycles. The SMILES string of the molecule is CO[C@@H]1[C@@H](OC(N)=O)[C@H](O)[C@H](Oc2ccc3c(c2C)OC(=O)[C@@H](NC(=O)c2ccc(O)c(CC=C(C)C)c2)C3=O)OC1(C)C. The van der Waals surface area contributed by atoms with Crippen LogP contribution in [-0.2, 0) is 25.4 Å². The standard InChI is InChI=1S/C31H36N2O11/c1-14(2)7-8-16-13-17(9-11-19(16)34)27(37)33-21-22(35)18-10-12-20(15(3)24(18)42-28(21)38)41-29-23(36)25(43-30(32)39)26(40-6)31(4,5)44-29/h7,9-13,21,23,25-26,29,34,36H,8H2,1-6H3,(H2,32,39)(H,33,37)/t21-,23-,25-,26+,29+/m0/s1. The van der Waals surface area contributed by atoms with E-state index in [1.165, 1.54) is 44.4 Å². The molecular formula is C31H36N2O11. The summed E-state index contributed by atoms with van der Waals surface area (Å²) < 4.78 is 27.8. The van der Waals surface area contributed by atoms with Crippen LogP contribution in [0.15, 0.2) is 42.0 Å². The molecule has 0 radical (unpaired) electrons. The maximum atomic E-state index is 13.4. The third kappa shape index (κ3) is 6.54. The van der Waals surface area contributed by atoms with E-state index in [9.17, 15) is 29.4 Å². The summed E-state index contributed by atoms with van der Waals surface area (Å²) in [4.78, 5) is 50.8. The molecule has 4 rings (SSSR count). The van der Waals surface area contributed by atoms with Gasteiger partial charge in [-0.1, -0.05) is 11.6 Å². The average molecular weight is 613 g/mol. The van der Waals surface area contributed by atoms with Gasteiger partial charge >= 0.3 is 12.1 Å². The number of phenolic OH excluding ortho intramolecular Hbond substituents is 1. The fourth-order valence-corrected chi connectivity index (χ4v) is 5.16. The van der Waals surface area contributed by atoms with Crippen LogP contribution >= 0.6 is 0 Å². The van der Waals surface area contributed by atoms with Crippen molar-refractivity contribution in [1.29, 1.82) is 0 Å². The zero-order valence-electron chi connectivity index (χ0n) is 25.2. The van der Waals surface area contributed by atoms with Gasteiger partial charge in [0, 0.05) is 18.2 Å². The van der Waals surface area contributed by atoms with Crippen molar-refractivity contribution in [2.75, 3.05) is 7.11 Å². The third-order valence-electron chi connectivity index (χ3n) is 7.44. The summed E-state index contributed by atoms with van der Waals surface area (Å²) >= 11 is 0. The number of nitrogens with two attached hydrogens (primary N) is 1. The van der Waals surface area contributed by atoms with E-state index in [-0.39, 0.29) is 33.9 Å². The first kappa shape index (κ1) is 32.5. The number of rotatable bonds is 8. The summed E-state index contributed by atoms with van der Waals surface area (Å²) in [5.74, 6) is -2.37. The number of aliphatic hydroxyl groups excluding tert-OH is 1. The number of primary amides is 1. The highest BCUT2D eigenvalue weighted by Crippen LogP contribution is 2.39. The van der Waals surface area contributed by atoms with Gasteiger partial charge in [-0.15, -0.1) is 0 Å². The molecule has 2 aliphatic rings. The molecule has 1 fully saturated rings. The number of amides is 2. The predicted octanol–water partition coefficient (Wildman–Crippen LogP) is 2.46. The first-order valence-electron chi connectivity index (χ1n) is 13.8. The average Bonchev–Trinajstić information content (AvgIpc) is 2.94. The van der Waals surface area contributed by atoms with E-state index in [4.69, 9.17) is 29.4 Å². The number of esters is 1. The van der Waals surface area contributed by atoms with Gasteiger partial charge in [-0.2, -0.15) is 0 Å². The van der Waals surface area contributed by atoms with Crippen molar-refractivity contribution in [3.63, 3.8) is 0 Å². The Bertz CT molecular complexity index is 1510. The van der Waals surface area contributed by atoms with Gasteiger partial charge in [-0.05, 0) is 76.9 Å². The fourth-order valence-electron chi connectivity index (χ4n) is 5.16. The Balaban J connectivity index is 1.54. The number of hydrogen-bond donors (Lipinski definition) is 4. The molecule has 2 heterocycles. The largest absolute Gasteiger partial charge is 0.508 e. The predicted molar refractivity (Wildman–Crippen MR) is 154 cm³/mol. The molecule has 13 nitrogen and oxygen atoms in total. The second-order valence-corrected chi connectivity index (χ2v) is 11.3. The van der Waals surface area contributed by atoms with Crippen LogP contribution in [-0.4, -0.2) is 77.3 Å². The minimum Gasteiger partial charge on any atom is -0.508 e. The van der Waals surface area contributed by atoms with Gasteiger partial charge in [-0.25, -0.2) is 9.59 Å². The number of ketones is 1. The van der Waals surface area contributed by atoms with Crippen molar-refractivity contribution in [1.82, 2.24) is 5.32 Å². The van der Waals surface area contributed by atoms with Crippen LogP contribution in [0, 0.1) is 6.92 Å². The van der Waals surface area contributed by atoms with Crippen LogP contribution in [0.4, 0.5) is 4.79 Å².